The van der Waals surface area contributed by atoms with E-state index in [1.54, 1.807) is 12.1 Å². The molecule has 2 aromatic heterocycles. The van der Waals surface area contributed by atoms with Crippen LogP contribution in [0.25, 0.3) is 27.3 Å². The number of halogens is 1. The number of pyridine rings is 1. The molecule has 0 saturated carbocycles. The Morgan fingerprint density at radius 2 is 2.00 bits per heavy atom. The van der Waals surface area contributed by atoms with Crippen LogP contribution in [0.4, 0.5) is 4.39 Å². The monoisotopic (exact) mass is 249 g/mol. The molecule has 0 unspecified atom stereocenters. The third-order valence-corrected chi connectivity index (χ3v) is 4.10. The maximum absolute atomic E-state index is 13.8. The highest BCUT2D eigenvalue weighted by atomic mass is 19.1. The first-order valence-corrected chi connectivity index (χ1v) is 6.36. The van der Waals surface area contributed by atoms with E-state index in [2.05, 4.69) is 33.5 Å². The van der Waals surface area contributed by atoms with Crippen LogP contribution in [-0.2, 0) is 6.54 Å². The Bertz CT molecular complexity index is 998. The first kappa shape index (κ1) is 9.50. The molecule has 0 spiro atoms. The molecule has 0 amide bonds. The second-order valence-corrected chi connectivity index (χ2v) is 5.12. The van der Waals surface area contributed by atoms with Gasteiger partial charge in [-0.15, -0.1) is 0 Å². The molecular formula is C16H10FN2+. The Kier molecular flexibility index (Phi) is 1.47. The summed E-state index contributed by atoms with van der Waals surface area (Å²) in [5, 5.41) is 3.31. The first-order valence-electron chi connectivity index (χ1n) is 6.36. The molecule has 5 rings (SSSR count). The molecular weight excluding hydrogens is 239 g/mol. The van der Waals surface area contributed by atoms with Crippen LogP contribution < -0.4 is 4.57 Å². The van der Waals surface area contributed by atoms with E-state index < -0.39 is 0 Å². The zero-order valence-electron chi connectivity index (χ0n) is 10.1. The fourth-order valence-electron chi connectivity index (χ4n) is 3.37. The summed E-state index contributed by atoms with van der Waals surface area (Å²) in [6.07, 6.45) is 4.16. The van der Waals surface area contributed by atoms with Gasteiger partial charge in [-0.05, 0) is 18.2 Å². The highest BCUT2D eigenvalue weighted by molar-refractivity contribution is 6.12. The van der Waals surface area contributed by atoms with Gasteiger partial charge in [0.25, 0.3) is 5.65 Å². The normalized spacial score (nSPS) is 13.3. The van der Waals surface area contributed by atoms with Crippen molar-refractivity contribution in [1.29, 1.82) is 0 Å². The van der Waals surface area contributed by atoms with Crippen LogP contribution >= 0.6 is 0 Å². The van der Waals surface area contributed by atoms with E-state index in [1.165, 1.54) is 11.0 Å². The van der Waals surface area contributed by atoms with Crippen molar-refractivity contribution >= 4 is 27.3 Å². The van der Waals surface area contributed by atoms with Gasteiger partial charge in [-0.25, -0.2) is 8.96 Å². The number of hydrogen-bond acceptors (Lipinski definition) is 0. The minimum Gasteiger partial charge on any atom is -0.225 e. The molecule has 0 fully saturated rings. The summed E-state index contributed by atoms with van der Waals surface area (Å²) in [4.78, 5) is 0. The quantitative estimate of drug-likeness (QED) is 0.294. The van der Waals surface area contributed by atoms with Gasteiger partial charge in [-0.3, -0.25) is 0 Å². The third-order valence-electron chi connectivity index (χ3n) is 4.10. The van der Waals surface area contributed by atoms with Gasteiger partial charge in [-0.2, -0.15) is 4.40 Å². The van der Waals surface area contributed by atoms with Crippen LogP contribution in [0.15, 0.2) is 48.8 Å². The Morgan fingerprint density at radius 1 is 1.11 bits per heavy atom. The molecule has 0 N–H and O–H groups in total. The Hall–Kier alpha value is -2.42. The van der Waals surface area contributed by atoms with Gasteiger partial charge >= 0.3 is 0 Å². The lowest BCUT2D eigenvalue weighted by atomic mass is 10.0. The number of benzene rings is 2. The van der Waals surface area contributed by atoms with Gasteiger partial charge in [0.15, 0.2) is 0 Å². The van der Waals surface area contributed by atoms with E-state index in [9.17, 15) is 4.39 Å². The zero-order chi connectivity index (χ0) is 12.6. The van der Waals surface area contributed by atoms with Gasteiger partial charge in [0, 0.05) is 16.3 Å². The second kappa shape index (κ2) is 2.94. The predicted octanol–water partition coefficient (Wildman–Crippen LogP) is 3.03. The van der Waals surface area contributed by atoms with Crippen molar-refractivity contribution in [3.63, 3.8) is 0 Å². The second-order valence-electron chi connectivity index (χ2n) is 5.12. The third kappa shape index (κ3) is 1.00. The molecule has 0 aliphatic carbocycles. The fraction of sp³-hybridized carbons (Fsp3) is 0.0625. The zero-order valence-corrected chi connectivity index (χ0v) is 10.1. The average Bonchev–Trinajstić information content (AvgIpc) is 2.97. The van der Waals surface area contributed by atoms with Crippen molar-refractivity contribution < 1.29 is 8.96 Å². The molecule has 0 radical (unpaired) electrons. The molecule has 3 heteroatoms. The van der Waals surface area contributed by atoms with Crippen LogP contribution in [0.3, 0.4) is 0 Å². The smallest absolute Gasteiger partial charge is 0.225 e. The lowest BCUT2D eigenvalue weighted by Gasteiger charge is -2.03. The number of rotatable bonds is 0. The number of aromatic nitrogens is 2. The van der Waals surface area contributed by atoms with Crippen molar-refractivity contribution in [2.45, 2.75) is 6.54 Å². The molecule has 0 atom stereocenters. The predicted molar refractivity (Wildman–Crippen MR) is 71.7 cm³/mol. The summed E-state index contributed by atoms with van der Waals surface area (Å²) < 4.78 is 18.2. The maximum Gasteiger partial charge on any atom is 0.295 e. The van der Waals surface area contributed by atoms with Crippen molar-refractivity contribution in [3.8, 4) is 0 Å². The van der Waals surface area contributed by atoms with E-state index in [4.69, 9.17) is 0 Å². The van der Waals surface area contributed by atoms with Crippen LogP contribution in [0.5, 0.6) is 0 Å². The Morgan fingerprint density at radius 3 is 2.95 bits per heavy atom. The molecule has 2 aromatic carbocycles. The summed E-state index contributed by atoms with van der Waals surface area (Å²) in [7, 11) is 0. The minimum atomic E-state index is -0.150. The van der Waals surface area contributed by atoms with E-state index in [1.807, 2.05) is 12.1 Å². The largest absolute Gasteiger partial charge is 0.295 e. The van der Waals surface area contributed by atoms with Crippen molar-refractivity contribution in [1.82, 2.24) is 4.40 Å². The van der Waals surface area contributed by atoms with E-state index in [0.29, 0.717) is 0 Å². The van der Waals surface area contributed by atoms with Gasteiger partial charge in [-0.1, -0.05) is 18.2 Å². The van der Waals surface area contributed by atoms with Crippen LogP contribution in [-0.4, -0.2) is 4.40 Å². The molecule has 1 aliphatic rings. The number of para-hydroxylation sites is 1. The van der Waals surface area contributed by atoms with E-state index in [0.717, 1.165) is 28.4 Å². The number of imidazole rings is 1. The number of hydrogen-bond donors (Lipinski definition) is 0. The Balaban J connectivity index is 2.26. The topological polar surface area (TPSA) is 8.29 Å². The summed E-state index contributed by atoms with van der Waals surface area (Å²) in [6, 6.07) is 11.5. The summed E-state index contributed by atoms with van der Waals surface area (Å²) in [5.41, 5.74) is 3.37. The van der Waals surface area contributed by atoms with Crippen molar-refractivity contribution in [3.05, 3.63) is 60.2 Å². The lowest BCUT2D eigenvalue weighted by Crippen LogP contribution is -2.28. The Labute approximate surface area is 108 Å². The first-order chi connectivity index (χ1) is 9.33. The molecule has 3 heterocycles. The molecule has 1 aliphatic heterocycles. The van der Waals surface area contributed by atoms with Gasteiger partial charge in [0.1, 0.15) is 30.3 Å². The van der Waals surface area contributed by atoms with E-state index in [-0.39, 0.29) is 5.82 Å². The fourth-order valence-corrected chi connectivity index (χ4v) is 3.37. The van der Waals surface area contributed by atoms with Gasteiger partial charge in [0.05, 0.1) is 5.39 Å². The van der Waals surface area contributed by atoms with Gasteiger partial charge in [0.2, 0.25) is 0 Å². The minimum absolute atomic E-state index is 0.150. The number of fused-ring (bicyclic) bond motifs is 3. The lowest BCUT2D eigenvalue weighted by molar-refractivity contribution is -0.657. The molecule has 0 bridgehead atoms. The molecule has 19 heavy (non-hydrogen) atoms. The molecule has 90 valence electrons. The highest BCUT2D eigenvalue weighted by Gasteiger charge is 2.27. The molecule has 4 aromatic rings. The maximum atomic E-state index is 13.8. The van der Waals surface area contributed by atoms with Gasteiger partial charge < -0.3 is 0 Å². The number of nitrogens with zero attached hydrogens (tertiary/aromatic N) is 2. The summed E-state index contributed by atoms with van der Waals surface area (Å²) in [5.74, 6) is -0.150. The van der Waals surface area contributed by atoms with E-state index >= 15 is 0 Å². The SMILES string of the molecule is Fc1cc2c3c(c1)c1ccccc1n1cc[n+](c31)C2. The van der Waals surface area contributed by atoms with Crippen LogP contribution in [0.2, 0.25) is 0 Å². The summed E-state index contributed by atoms with van der Waals surface area (Å²) >= 11 is 0. The van der Waals surface area contributed by atoms with Crippen molar-refractivity contribution in [2.24, 2.45) is 0 Å². The average molecular weight is 249 g/mol. The summed E-state index contributed by atoms with van der Waals surface area (Å²) in [6.45, 7) is 0.760. The molecule has 0 saturated heterocycles. The van der Waals surface area contributed by atoms with Crippen LogP contribution in [0, 0.1) is 5.82 Å². The van der Waals surface area contributed by atoms with Crippen molar-refractivity contribution in [2.75, 3.05) is 0 Å². The highest BCUT2D eigenvalue weighted by Crippen LogP contribution is 2.33. The molecule has 2 nitrogen and oxygen atoms in total. The van der Waals surface area contributed by atoms with Crippen LogP contribution in [0.1, 0.15) is 5.56 Å². The standard InChI is InChI=1S/C16H10FN2/c17-11-7-10-9-18-5-6-19-14-4-2-1-3-12(14)13(8-11)15(10)16(18)19/h1-8H,9H2/q+1.